The molecule has 6 nitrogen and oxygen atoms in total. The van der Waals surface area contributed by atoms with E-state index in [4.69, 9.17) is 10.5 Å². The highest BCUT2D eigenvalue weighted by Gasteiger charge is 2.44. The van der Waals surface area contributed by atoms with Crippen LogP contribution in [0.15, 0.2) is 12.4 Å². The molecular formula is C9H14N4O2. The Kier molecular flexibility index (Phi) is 2.45. The van der Waals surface area contributed by atoms with Crippen molar-refractivity contribution < 1.29 is 9.53 Å². The van der Waals surface area contributed by atoms with Crippen molar-refractivity contribution in [1.29, 1.82) is 0 Å². The first-order chi connectivity index (χ1) is 7.13. The molecule has 6 heteroatoms. The SMILES string of the molecule is CC1(C(=O)Nc2cn[nH]c2)COCC1N. The van der Waals surface area contributed by atoms with Crippen LogP contribution in [0.1, 0.15) is 6.92 Å². The zero-order chi connectivity index (χ0) is 10.9. The van der Waals surface area contributed by atoms with Crippen molar-refractivity contribution in [3.63, 3.8) is 0 Å². The largest absolute Gasteiger partial charge is 0.379 e. The molecule has 2 unspecified atom stereocenters. The van der Waals surface area contributed by atoms with Crippen LogP contribution in [0.5, 0.6) is 0 Å². The van der Waals surface area contributed by atoms with E-state index in [1.807, 2.05) is 0 Å². The second kappa shape index (κ2) is 3.63. The number of carbonyl (C=O) groups is 1. The molecule has 1 amide bonds. The Hall–Kier alpha value is -1.40. The summed E-state index contributed by atoms with van der Waals surface area (Å²) in [5.74, 6) is -0.131. The van der Waals surface area contributed by atoms with Crippen LogP contribution in [0.3, 0.4) is 0 Å². The fraction of sp³-hybridized carbons (Fsp3) is 0.556. The van der Waals surface area contributed by atoms with Crippen molar-refractivity contribution >= 4 is 11.6 Å². The van der Waals surface area contributed by atoms with Gasteiger partial charge in [0.25, 0.3) is 0 Å². The van der Waals surface area contributed by atoms with E-state index < -0.39 is 5.41 Å². The molecule has 2 atom stereocenters. The predicted molar refractivity (Wildman–Crippen MR) is 54.1 cm³/mol. The molecule has 0 radical (unpaired) electrons. The number of nitrogens with two attached hydrogens (primary N) is 1. The topological polar surface area (TPSA) is 93.0 Å². The van der Waals surface area contributed by atoms with Gasteiger partial charge >= 0.3 is 0 Å². The average molecular weight is 210 g/mol. The third-order valence-electron chi connectivity index (χ3n) is 2.79. The van der Waals surface area contributed by atoms with E-state index in [9.17, 15) is 4.79 Å². The molecule has 0 bridgehead atoms. The number of aromatic amines is 1. The van der Waals surface area contributed by atoms with Gasteiger partial charge in [-0.25, -0.2) is 0 Å². The number of amides is 1. The van der Waals surface area contributed by atoms with E-state index >= 15 is 0 Å². The molecule has 1 aliphatic rings. The normalized spacial score (nSPS) is 30.4. The van der Waals surface area contributed by atoms with Crippen molar-refractivity contribution in [2.45, 2.75) is 13.0 Å². The number of nitrogens with zero attached hydrogens (tertiary/aromatic N) is 1. The average Bonchev–Trinajstić information content (AvgIpc) is 2.79. The number of H-pyrrole nitrogens is 1. The Morgan fingerprint density at radius 3 is 3.20 bits per heavy atom. The second-order valence-electron chi connectivity index (χ2n) is 3.98. The van der Waals surface area contributed by atoms with Crippen molar-refractivity contribution in [3.8, 4) is 0 Å². The molecule has 15 heavy (non-hydrogen) atoms. The van der Waals surface area contributed by atoms with Gasteiger partial charge in [0, 0.05) is 12.2 Å². The number of hydrogen-bond acceptors (Lipinski definition) is 4. The Morgan fingerprint density at radius 1 is 1.87 bits per heavy atom. The first-order valence-corrected chi connectivity index (χ1v) is 4.76. The van der Waals surface area contributed by atoms with Gasteiger partial charge in [-0.15, -0.1) is 0 Å². The Labute approximate surface area is 87.2 Å². The number of hydrogen-bond donors (Lipinski definition) is 3. The molecule has 82 valence electrons. The summed E-state index contributed by atoms with van der Waals surface area (Å²) < 4.78 is 5.20. The van der Waals surface area contributed by atoms with E-state index in [1.54, 1.807) is 19.3 Å². The zero-order valence-corrected chi connectivity index (χ0v) is 8.49. The first kappa shape index (κ1) is 10.1. The summed E-state index contributed by atoms with van der Waals surface area (Å²) >= 11 is 0. The van der Waals surface area contributed by atoms with Crippen LogP contribution >= 0.6 is 0 Å². The molecule has 0 spiro atoms. The summed E-state index contributed by atoms with van der Waals surface area (Å²) in [7, 11) is 0. The molecule has 4 N–H and O–H groups in total. The first-order valence-electron chi connectivity index (χ1n) is 4.76. The molecule has 0 saturated carbocycles. The number of nitrogens with one attached hydrogen (secondary N) is 2. The van der Waals surface area contributed by atoms with Crippen molar-refractivity contribution in [2.24, 2.45) is 11.1 Å². The van der Waals surface area contributed by atoms with Crippen molar-refractivity contribution in [1.82, 2.24) is 10.2 Å². The van der Waals surface area contributed by atoms with Crippen molar-refractivity contribution in [2.75, 3.05) is 18.5 Å². The number of ether oxygens (including phenoxy) is 1. The van der Waals surface area contributed by atoms with Crippen LogP contribution in [0, 0.1) is 5.41 Å². The molecule has 1 aromatic rings. The van der Waals surface area contributed by atoms with Crippen LogP contribution in [-0.2, 0) is 9.53 Å². The molecular weight excluding hydrogens is 196 g/mol. The predicted octanol–water partition coefficient (Wildman–Crippen LogP) is -0.288. The quantitative estimate of drug-likeness (QED) is 0.625. The van der Waals surface area contributed by atoms with Gasteiger partial charge in [-0.05, 0) is 6.92 Å². The number of anilines is 1. The van der Waals surface area contributed by atoms with Gasteiger partial charge in [-0.1, -0.05) is 0 Å². The van der Waals surface area contributed by atoms with Gasteiger partial charge in [0.1, 0.15) is 0 Å². The fourth-order valence-electron chi connectivity index (χ4n) is 1.52. The highest BCUT2D eigenvalue weighted by Crippen LogP contribution is 2.28. The minimum absolute atomic E-state index is 0.131. The van der Waals surface area contributed by atoms with Gasteiger partial charge in [0.15, 0.2) is 0 Å². The van der Waals surface area contributed by atoms with E-state index in [0.717, 1.165) is 0 Å². The van der Waals surface area contributed by atoms with Gasteiger partial charge in [0.2, 0.25) is 5.91 Å². The number of aromatic nitrogens is 2. The Balaban J connectivity index is 2.07. The summed E-state index contributed by atoms with van der Waals surface area (Å²) in [5, 5.41) is 9.11. The maximum atomic E-state index is 11.9. The van der Waals surface area contributed by atoms with Gasteiger partial charge < -0.3 is 15.8 Å². The van der Waals surface area contributed by atoms with Gasteiger partial charge in [-0.3, -0.25) is 9.89 Å². The minimum atomic E-state index is -0.655. The summed E-state index contributed by atoms with van der Waals surface area (Å²) in [6.07, 6.45) is 3.16. The van der Waals surface area contributed by atoms with E-state index in [-0.39, 0.29) is 11.9 Å². The third kappa shape index (κ3) is 1.73. The van der Waals surface area contributed by atoms with Crippen LogP contribution in [0.4, 0.5) is 5.69 Å². The molecule has 1 aromatic heterocycles. The van der Waals surface area contributed by atoms with Gasteiger partial charge in [0.05, 0.1) is 30.5 Å². The lowest BCUT2D eigenvalue weighted by Crippen LogP contribution is -2.47. The summed E-state index contributed by atoms with van der Waals surface area (Å²) in [5.41, 5.74) is 5.82. The van der Waals surface area contributed by atoms with Crippen molar-refractivity contribution in [3.05, 3.63) is 12.4 Å². The lowest BCUT2D eigenvalue weighted by Gasteiger charge is -2.24. The lowest BCUT2D eigenvalue weighted by atomic mass is 9.85. The summed E-state index contributed by atoms with van der Waals surface area (Å²) in [4.78, 5) is 11.9. The van der Waals surface area contributed by atoms with E-state index in [2.05, 4.69) is 15.5 Å². The van der Waals surface area contributed by atoms with E-state index in [0.29, 0.717) is 18.9 Å². The molecule has 0 aromatic carbocycles. The monoisotopic (exact) mass is 210 g/mol. The zero-order valence-electron chi connectivity index (χ0n) is 8.49. The molecule has 1 fully saturated rings. The lowest BCUT2D eigenvalue weighted by molar-refractivity contribution is -0.125. The van der Waals surface area contributed by atoms with Crippen LogP contribution < -0.4 is 11.1 Å². The van der Waals surface area contributed by atoms with Crippen LogP contribution in [0.2, 0.25) is 0 Å². The maximum absolute atomic E-state index is 11.9. The van der Waals surface area contributed by atoms with Crippen LogP contribution in [-0.4, -0.2) is 35.4 Å². The second-order valence-corrected chi connectivity index (χ2v) is 3.98. The Morgan fingerprint density at radius 2 is 2.67 bits per heavy atom. The standard InChI is InChI=1S/C9H14N4O2/c1-9(5-15-4-7(9)10)8(14)13-6-2-11-12-3-6/h2-3,7H,4-5,10H2,1H3,(H,11,12)(H,13,14). The number of carbonyl (C=O) groups excluding carboxylic acids is 1. The third-order valence-corrected chi connectivity index (χ3v) is 2.79. The van der Waals surface area contributed by atoms with E-state index in [1.165, 1.54) is 0 Å². The molecule has 1 saturated heterocycles. The molecule has 0 aliphatic carbocycles. The Bertz CT molecular complexity index is 351. The number of rotatable bonds is 2. The molecule has 2 heterocycles. The van der Waals surface area contributed by atoms with Crippen LogP contribution in [0.25, 0.3) is 0 Å². The smallest absolute Gasteiger partial charge is 0.234 e. The molecule has 2 rings (SSSR count). The van der Waals surface area contributed by atoms with Gasteiger partial charge in [-0.2, -0.15) is 5.10 Å². The summed E-state index contributed by atoms with van der Waals surface area (Å²) in [6.45, 7) is 2.59. The highest BCUT2D eigenvalue weighted by molar-refractivity contribution is 5.95. The molecule has 1 aliphatic heterocycles. The summed E-state index contributed by atoms with van der Waals surface area (Å²) in [6, 6.07) is -0.260. The highest BCUT2D eigenvalue weighted by atomic mass is 16.5. The minimum Gasteiger partial charge on any atom is -0.379 e. The maximum Gasteiger partial charge on any atom is 0.234 e. The fourth-order valence-corrected chi connectivity index (χ4v) is 1.52.